The van der Waals surface area contributed by atoms with Gasteiger partial charge in [0, 0.05) is 18.5 Å². The molecule has 0 spiro atoms. The quantitative estimate of drug-likeness (QED) is 0.826. The van der Waals surface area contributed by atoms with Crippen molar-refractivity contribution in [1.29, 1.82) is 0 Å². The smallest absolute Gasteiger partial charge is 0.221 e. The zero-order valence-electron chi connectivity index (χ0n) is 11.1. The number of nitrogens with one attached hydrogen (secondary N) is 2. The minimum atomic E-state index is -3.35. The van der Waals surface area contributed by atoms with Crippen LogP contribution in [0.4, 0.5) is 8.78 Å². The van der Waals surface area contributed by atoms with Crippen LogP contribution in [0.2, 0.25) is 0 Å². The molecule has 1 aromatic carbocycles. The number of sulfonamides is 1. The van der Waals surface area contributed by atoms with Gasteiger partial charge in [-0.2, -0.15) is 0 Å². The van der Waals surface area contributed by atoms with Crippen molar-refractivity contribution >= 4 is 15.9 Å². The Kier molecular flexibility index (Phi) is 5.58. The van der Waals surface area contributed by atoms with Crippen LogP contribution in [0, 0.1) is 11.6 Å². The Morgan fingerprint density at radius 2 is 2.00 bits per heavy atom. The summed E-state index contributed by atoms with van der Waals surface area (Å²) in [5.41, 5.74) is 0.0365. The number of carbonyl (C=O) groups is 1. The van der Waals surface area contributed by atoms with Gasteiger partial charge in [0.25, 0.3) is 0 Å². The first-order valence-electron chi connectivity index (χ1n) is 5.88. The predicted molar refractivity (Wildman–Crippen MR) is 70.4 cm³/mol. The second-order valence-electron chi connectivity index (χ2n) is 4.37. The van der Waals surface area contributed by atoms with Crippen LogP contribution in [0.1, 0.15) is 24.9 Å². The summed E-state index contributed by atoms with van der Waals surface area (Å²) in [5.74, 6) is -1.67. The molecule has 0 radical (unpaired) electrons. The molecule has 1 atom stereocenters. The molecule has 0 bridgehead atoms. The number of rotatable bonds is 6. The highest BCUT2D eigenvalue weighted by atomic mass is 32.2. The maximum atomic E-state index is 13.5. The molecule has 1 aromatic rings. The number of carbonyl (C=O) groups excluding carboxylic acids is 1. The molecule has 0 aromatic heterocycles. The van der Waals surface area contributed by atoms with E-state index in [0.717, 1.165) is 24.5 Å². The molecular weight excluding hydrogens is 290 g/mol. The molecule has 0 fully saturated rings. The Morgan fingerprint density at radius 1 is 1.35 bits per heavy atom. The Hall–Kier alpha value is -1.54. The van der Waals surface area contributed by atoms with Crippen molar-refractivity contribution in [3.05, 3.63) is 35.4 Å². The van der Waals surface area contributed by atoms with E-state index in [2.05, 4.69) is 10.0 Å². The van der Waals surface area contributed by atoms with E-state index in [1.807, 2.05) is 0 Å². The van der Waals surface area contributed by atoms with Crippen molar-refractivity contribution in [2.45, 2.75) is 19.4 Å². The monoisotopic (exact) mass is 306 g/mol. The molecule has 0 saturated carbocycles. The second kappa shape index (κ2) is 6.76. The van der Waals surface area contributed by atoms with Gasteiger partial charge in [-0.05, 0) is 25.1 Å². The Labute approximate surface area is 116 Å². The molecule has 0 unspecified atom stereocenters. The number of hydrogen-bond acceptors (Lipinski definition) is 3. The molecule has 0 aliphatic rings. The summed E-state index contributed by atoms with van der Waals surface area (Å²) in [6, 6.07) is 2.27. The van der Waals surface area contributed by atoms with Crippen molar-refractivity contribution in [3.8, 4) is 0 Å². The van der Waals surface area contributed by atoms with Crippen LogP contribution in [-0.2, 0) is 14.8 Å². The Bertz CT molecular complexity index is 590. The van der Waals surface area contributed by atoms with E-state index in [-0.39, 0.29) is 18.5 Å². The lowest BCUT2D eigenvalue weighted by atomic mass is 10.1. The van der Waals surface area contributed by atoms with Crippen molar-refractivity contribution in [2.24, 2.45) is 0 Å². The molecule has 8 heteroatoms. The summed E-state index contributed by atoms with van der Waals surface area (Å²) < 4.78 is 50.3. The van der Waals surface area contributed by atoms with Gasteiger partial charge < -0.3 is 5.32 Å². The number of halogens is 2. The molecule has 2 N–H and O–H groups in total. The zero-order valence-corrected chi connectivity index (χ0v) is 11.9. The van der Waals surface area contributed by atoms with Gasteiger partial charge in [-0.15, -0.1) is 0 Å². The molecule has 0 aliphatic heterocycles. The average molecular weight is 306 g/mol. The second-order valence-corrected chi connectivity index (χ2v) is 6.20. The molecule has 1 rings (SSSR count). The van der Waals surface area contributed by atoms with Gasteiger partial charge in [0.2, 0.25) is 15.9 Å². The molecule has 1 amide bonds. The Balaban J connectivity index is 2.55. The fourth-order valence-corrected chi connectivity index (χ4v) is 2.06. The SMILES string of the molecule is C[C@H](NC(=O)CCNS(C)(=O)=O)c1cc(F)ccc1F. The highest BCUT2D eigenvalue weighted by Crippen LogP contribution is 2.17. The van der Waals surface area contributed by atoms with Gasteiger partial charge in [-0.25, -0.2) is 21.9 Å². The molecule has 0 aliphatic carbocycles. The predicted octanol–water partition coefficient (Wildman–Crippen LogP) is 1.08. The molecule has 5 nitrogen and oxygen atoms in total. The van der Waals surface area contributed by atoms with E-state index in [0.29, 0.717) is 0 Å². The lowest BCUT2D eigenvalue weighted by Gasteiger charge is -2.15. The third-order valence-corrected chi connectivity index (χ3v) is 3.25. The maximum Gasteiger partial charge on any atom is 0.221 e. The lowest BCUT2D eigenvalue weighted by Crippen LogP contribution is -2.31. The first-order chi connectivity index (χ1) is 9.19. The minimum absolute atomic E-state index is 0.0365. The van der Waals surface area contributed by atoms with Crippen molar-refractivity contribution in [2.75, 3.05) is 12.8 Å². The molecule has 0 heterocycles. The third kappa shape index (κ3) is 5.62. The molecule has 112 valence electrons. The van der Waals surface area contributed by atoms with Crippen molar-refractivity contribution < 1.29 is 22.0 Å². The average Bonchev–Trinajstić information content (AvgIpc) is 2.30. The van der Waals surface area contributed by atoms with Crippen LogP contribution in [0.15, 0.2) is 18.2 Å². The first kappa shape index (κ1) is 16.5. The van der Waals surface area contributed by atoms with Crippen LogP contribution in [0.3, 0.4) is 0 Å². The van der Waals surface area contributed by atoms with E-state index in [9.17, 15) is 22.0 Å². The van der Waals surface area contributed by atoms with Crippen LogP contribution >= 0.6 is 0 Å². The van der Waals surface area contributed by atoms with Gasteiger partial charge in [0.15, 0.2) is 0 Å². The largest absolute Gasteiger partial charge is 0.349 e. The lowest BCUT2D eigenvalue weighted by molar-refractivity contribution is -0.121. The maximum absolute atomic E-state index is 13.5. The van der Waals surface area contributed by atoms with Gasteiger partial charge in [0.1, 0.15) is 11.6 Å². The van der Waals surface area contributed by atoms with Gasteiger partial charge in [-0.3, -0.25) is 4.79 Å². The normalized spacial score (nSPS) is 13.0. The molecule has 0 saturated heterocycles. The summed E-state index contributed by atoms with van der Waals surface area (Å²) in [7, 11) is -3.35. The van der Waals surface area contributed by atoms with Crippen molar-refractivity contribution in [3.63, 3.8) is 0 Å². The van der Waals surface area contributed by atoms with Crippen molar-refractivity contribution in [1.82, 2.24) is 10.0 Å². The van der Waals surface area contributed by atoms with E-state index in [1.54, 1.807) is 0 Å². The van der Waals surface area contributed by atoms with Gasteiger partial charge in [-0.1, -0.05) is 0 Å². The first-order valence-corrected chi connectivity index (χ1v) is 7.77. The fraction of sp³-hybridized carbons (Fsp3) is 0.417. The Morgan fingerprint density at radius 3 is 2.60 bits per heavy atom. The summed E-state index contributed by atoms with van der Waals surface area (Å²) >= 11 is 0. The van der Waals surface area contributed by atoms with Crippen LogP contribution < -0.4 is 10.0 Å². The topological polar surface area (TPSA) is 75.3 Å². The number of amides is 1. The van der Waals surface area contributed by atoms with Crippen LogP contribution in [-0.4, -0.2) is 27.1 Å². The fourth-order valence-electron chi connectivity index (χ4n) is 1.59. The van der Waals surface area contributed by atoms with Gasteiger partial charge >= 0.3 is 0 Å². The third-order valence-electron chi connectivity index (χ3n) is 2.52. The summed E-state index contributed by atoms with van der Waals surface area (Å²) in [5, 5.41) is 2.47. The standard InChI is InChI=1S/C12H16F2N2O3S/c1-8(10-7-9(13)3-4-11(10)14)16-12(17)5-6-15-20(2,18)19/h3-4,7-8,15H,5-6H2,1-2H3,(H,16,17)/t8-/m0/s1. The molecular formula is C12H16F2N2O3S. The van der Waals surface area contributed by atoms with Crippen LogP contribution in [0.25, 0.3) is 0 Å². The van der Waals surface area contributed by atoms with E-state index < -0.39 is 33.6 Å². The highest BCUT2D eigenvalue weighted by molar-refractivity contribution is 7.88. The van der Waals surface area contributed by atoms with E-state index >= 15 is 0 Å². The summed E-state index contributed by atoms with van der Waals surface area (Å²) in [6.07, 6.45) is 0.893. The highest BCUT2D eigenvalue weighted by Gasteiger charge is 2.14. The van der Waals surface area contributed by atoms with E-state index in [4.69, 9.17) is 0 Å². The van der Waals surface area contributed by atoms with Gasteiger partial charge in [0.05, 0.1) is 12.3 Å². The molecule has 20 heavy (non-hydrogen) atoms. The summed E-state index contributed by atoms with van der Waals surface area (Å²) in [4.78, 5) is 11.5. The number of hydrogen-bond donors (Lipinski definition) is 2. The minimum Gasteiger partial charge on any atom is -0.349 e. The summed E-state index contributed by atoms with van der Waals surface area (Å²) in [6.45, 7) is 1.46. The van der Waals surface area contributed by atoms with Crippen LogP contribution in [0.5, 0.6) is 0 Å². The zero-order chi connectivity index (χ0) is 15.3. The number of benzene rings is 1. The van der Waals surface area contributed by atoms with E-state index in [1.165, 1.54) is 6.92 Å².